The van der Waals surface area contributed by atoms with Gasteiger partial charge in [0.1, 0.15) is 6.04 Å². The van der Waals surface area contributed by atoms with Crippen molar-refractivity contribution in [2.24, 2.45) is 0 Å². The van der Waals surface area contributed by atoms with Gasteiger partial charge in [0, 0.05) is 16.5 Å². The average molecular weight is 362 g/mol. The van der Waals surface area contributed by atoms with Crippen LogP contribution in [0.3, 0.4) is 0 Å². The molecular formula is C17H16BrNO3. The van der Waals surface area contributed by atoms with Gasteiger partial charge >= 0.3 is 5.97 Å². The summed E-state index contributed by atoms with van der Waals surface area (Å²) >= 11 is 3.29. The molecule has 2 N–H and O–H groups in total. The van der Waals surface area contributed by atoms with E-state index in [-0.39, 0.29) is 6.42 Å². The number of carbonyl (C=O) groups excluding carboxylic acids is 1. The summed E-state index contributed by atoms with van der Waals surface area (Å²) < 4.78 is 0.769. The maximum Gasteiger partial charge on any atom is 0.326 e. The minimum atomic E-state index is -1.05. The van der Waals surface area contributed by atoms with E-state index in [0.717, 1.165) is 15.6 Å². The quantitative estimate of drug-likeness (QED) is 0.859. The first-order chi connectivity index (χ1) is 10.5. The number of carbonyl (C=O) groups is 2. The van der Waals surface area contributed by atoms with Gasteiger partial charge in [0.25, 0.3) is 5.91 Å². The van der Waals surface area contributed by atoms with Crippen molar-refractivity contribution in [2.75, 3.05) is 0 Å². The van der Waals surface area contributed by atoms with Gasteiger partial charge in [-0.05, 0) is 30.7 Å². The van der Waals surface area contributed by atoms with Crippen molar-refractivity contribution in [2.45, 2.75) is 19.4 Å². The Balaban J connectivity index is 2.10. The van der Waals surface area contributed by atoms with Crippen LogP contribution in [0.5, 0.6) is 0 Å². The lowest BCUT2D eigenvalue weighted by atomic mass is 10.0. The summed E-state index contributed by atoms with van der Waals surface area (Å²) in [6, 6.07) is 13.5. The zero-order valence-electron chi connectivity index (χ0n) is 12.0. The zero-order chi connectivity index (χ0) is 16.1. The topological polar surface area (TPSA) is 66.4 Å². The summed E-state index contributed by atoms with van der Waals surface area (Å²) in [5.41, 5.74) is 2.39. The Labute approximate surface area is 137 Å². The molecule has 0 saturated heterocycles. The summed E-state index contributed by atoms with van der Waals surface area (Å²) in [5.74, 6) is -1.45. The maximum atomic E-state index is 12.2. The first-order valence-electron chi connectivity index (χ1n) is 6.80. The Morgan fingerprint density at radius 1 is 1.18 bits per heavy atom. The van der Waals surface area contributed by atoms with E-state index >= 15 is 0 Å². The van der Waals surface area contributed by atoms with E-state index in [9.17, 15) is 14.7 Å². The second-order valence-electron chi connectivity index (χ2n) is 5.06. The molecule has 2 aromatic rings. The fourth-order valence-electron chi connectivity index (χ4n) is 2.03. The van der Waals surface area contributed by atoms with Gasteiger partial charge in [-0.15, -0.1) is 0 Å². The van der Waals surface area contributed by atoms with Gasteiger partial charge in [0.05, 0.1) is 0 Å². The number of rotatable bonds is 5. The van der Waals surface area contributed by atoms with E-state index in [1.165, 1.54) is 0 Å². The molecule has 0 aliphatic heterocycles. The van der Waals surface area contributed by atoms with Crippen molar-refractivity contribution < 1.29 is 14.7 Å². The van der Waals surface area contributed by atoms with Crippen molar-refractivity contribution >= 4 is 27.8 Å². The number of amides is 1. The van der Waals surface area contributed by atoms with Gasteiger partial charge in [-0.1, -0.05) is 51.8 Å². The van der Waals surface area contributed by atoms with Crippen LogP contribution in [-0.4, -0.2) is 23.0 Å². The summed E-state index contributed by atoms with van der Waals surface area (Å²) in [4.78, 5) is 23.5. The number of halogens is 1. The third kappa shape index (κ3) is 4.43. The minimum absolute atomic E-state index is 0.245. The molecule has 2 aromatic carbocycles. The van der Waals surface area contributed by atoms with Gasteiger partial charge in [-0.2, -0.15) is 0 Å². The van der Waals surface area contributed by atoms with E-state index in [0.29, 0.717) is 5.56 Å². The van der Waals surface area contributed by atoms with Crippen molar-refractivity contribution in [3.05, 3.63) is 69.7 Å². The molecule has 0 radical (unpaired) electrons. The van der Waals surface area contributed by atoms with Crippen LogP contribution in [0.15, 0.2) is 53.0 Å². The fraction of sp³-hybridized carbons (Fsp3) is 0.176. The molecule has 22 heavy (non-hydrogen) atoms. The van der Waals surface area contributed by atoms with E-state index in [1.807, 2.05) is 31.2 Å². The first-order valence-corrected chi connectivity index (χ1v) is 7.60. The number of carboxylic acids is 1. The van der Waals surface area contributed by atoms with Crippen molar-refractivity contribution in [3.8, 4) is 0 Å². The number of benzene rings is 2. The number of aryl methyl sites for hydroxylation is 1. The highest BCUT2D eigenvalue weighted by atomic mass is 79.9. The second-order valence-corrected chi connectivity index (χ2v) is 5.98. The van der Waals surface area contributed by atoms with E-state index in [2.05, 4.69) is 21.2 Å². The normalized spacial score (nSPS) is 11.7. The van der Waals surface area contributed by atoms with Crippen LogP contribution in [-0.2, 0) is 11.2 Å². The Morgan fingerprint density at radius 3 is 2.45 bits per heavy atom. The third-order valence-electron chi connectivity index (χ3n) is 3.25. The van der Waals surface area contributed by atoms with Crippen LogP contribution in [0.4, 0.5) is 0 Å². The van der Waals surface area contributed by atoms with Crippen LogP contribution >= 0.6 is 15.9 Å². The number of carboxylic acid groups (broad SMARTS) is 1. The highest BCUT2D eigenvalue weighted by Gasteiger charge is 2.21. The van der Waals surface area contributed by atoms with Crippen LogP contribution in [0, 0.1) is 6.92 Å². The average Bonchev–Trinajstić information content (AvgIpc) is 2.48. The molecule has 1 atom stereocenters. The summed E-state index contributed by atoms with van der Waals surface area (Å²) in [5, 5.41) is 11.9. The fourth-order valence-corrected chi connectivity index (χ4v) is 2.43. The van der Waals surface area contributed by atoms with Crippen molar-refractivity contribution in [3.63, 3.8) is 0 Å². The van der Waals surface area contributed by atoms with Crippen LogP contribution in [0.2, 0.25) is 0 Å². The molecule has 0 aliphatic carbocycles. The largest absolute Gasteiger partial charge is 0.480 e. The number of hydrogen-bond donors (Lipinski definition) is 2. The molecule has 0 spiro atoms. The predicted molar refractivity (Wildman–Crippen MR) is 87.9 cm³/mol. The standard InChI is InChI=1S/C17H16BrNO3/c1-11-5-7-12(8-6-11)9-15(17(21)22)19-16(20)13-3-2-4-14(18)10-13/h2-8,10,15H,9H2,1H3,(H,19,20)(H,21,22)/t15-/m0/s1. The van der Waals surface area contributed by atoms with Crippen LogP contribution < -0.4 is 5.32 Å². The van der Waals surface area contributed by atoms with Gasteiger partial charge in [-0.3, -0.25) is 4.79 Å². The number of hydrogen-bond acceptors (Lipinski definition) is 2. The SMILES string of the molecule is Cc1ccc(C[C@H](NC(=O)c2cccc(Br)c2)C(=O)O)cc1. The highest BCUT2D eigenvalue weighted by molar-refractivity contribution is 9.10. The Hall–Kier alpha value is -2.14. The third-order valence-corrected chi connectivity index (χ3v) is 3.74. The molecule has 5 heteroatoms. The lowest BCUT2D eigenvalue weighted by Crippen LogP contribution is -2.42. The van der Waals surface area contributed by atoms with E-state index < -0.39 is 17.9 Å². The molecule has 0 aromatic heterocycles. The Kier molecular flexibility index (Phi) is 5.33. The molecule has 114 valence electrons. The molecule has 4 nitrogen and oxygen atoms in total. The zero-order valence-corrected chi connectivity index (χ0v) is 13.6. The molecule has 2 rings (SSSR count). The van der Waals surface area contributed by atoms with Gasteiger partial charge in [0.2, 0.25) is 0 Å². The summed E-state index contributed by atoms with van der Waals surface area (Å²) in [6.07, 6.45) is 0.245. The number of nitrogens with one attached hydrogen (secondary N) is 1. The van der Waals surface area contributed by atoms with Crippen LogP contribution in [0.25, 0.3) is 0 Å². The highest BCUT2D eigenvalue weighted by Crippen LogP contribution is 2.12. The maximum absolute atomic E-state index is 12.2. The van der Waals surface area contributed by atoms with E-state index in [4.69, 9.17) is 0 Å². The smallest absolute Gasteiger partial charge is 0.326 e. The van der Waals surface area contributed by atoms with Crippen molar-refractivity contribution in [1.82, 2.24) is 5.32 Å². The molecule has 0 fully saturated rings. The molecule has 0 heterocycles. The van der Waals surface area contributed by atoms with E-state index in [1.54, 1.807) is 24.3 Å². The van der Waals surface area contributed by atoms with Crippen LogP contribution in [0.1, 0.15) is 21.5 Å². The molecular weight excluding hydrogens is 346 g/mol. The molecule has 0 saturated carbocycles. The molecule has 0 aliphatic rings. The lowest BCUT2D eigenvalue weighted by molar-refractivity contribution is -0.139. The minimum Gasteiger partial charge on any atom is -0.480 e. The number of aliphatic carboxylic acids is 1. The van der Waals surface area contributed by atoms with Gasteiger partial charge in [-0.25, -0.2) is 4.79 Å². The molecule has 0 bridgehead atoms. The molecule has 0 unspecified atom stereocenters. The monoisotopic (exact) mass is 361 g/mol. The Morgan fingerprint density at radius 2 is 1.86 bits per heavy atom. The Bertz CT molecular complexity index is 683. The summed E-state index contributed by atoms with van der Waals surface area (Å²) in [6.45, 7) is 1.97. The first kappa shape index (κ1) is 16.2. The van der Waals surface area contributed by atoms with Gasteiger partial charge < -0.3 is 10.4 Å². The summed E-state index contributed by atoms with van der Waals surface area (Å²) in [7, 11) is 0. The second kappa shape index (κ2) is 7.22. The lowest BCUT2D eigenvalue weighted by Gasteiger charge is -2.15. The predicted octanol–water partition coefficient (Wildman–Crippen LogP) is 3.18. The van der Waals surface area contributed by atoms with Crippen molar-refractivity contribution in [1.29, 1.82) is 0 Å². The van der Waals surface area contributed by atoms with Gasteiger partial charge in [0.15, 0.2) is 0 Å². The molecule has 1 amide bonds.